The molecule has 120 valence electrons. The van der Waals surface area contributed by atoms with Crippen LogP contribution >= 0.6 is 0 Å². The van der Waals surface area contributed by atoms with Gasteiger partial charge in [-0.1, -0.05) is 6.08 Å². The third-order valence-corrected chi connectivity index (χ3v) is 4.99. The summed E-state index contributed by atoms with van der Waals surface area (Å²) in [5, 5.41) is 0. The lowest BCUT2D eigenvalue weighted by Crippen LogP contribution is -2.52. The summed E-state index contributed by atoms with van der Waals surface area (Å²) in [7, 11) is 2.21. The Morgan fingerprint density at radius 2 is 1.95 bits per heavy atom. The number of rotatable bonds is 5. The standard InChI is InChI=1S/C17H31N3O/c1-4-5-6-17(21)19-9-7-16(8-10-19)14-20-12-11-18(3)13-15(20)2/h4,15-16H,1,5-14H2,2-3H3/t15-/m1/s1. The molecule has 0 aromatic heterocycles. The molecule has 2 fully saturated rings. The first-order valence-electron chi connectivity index (χ1n) is 8.41. The van der Waals surface area contributed by atoms with Crippen LogP contribution < -0.4 is 0 Å². The zero-order valence-electron chi connectivity index (χ0n) is 13.8. The Bertz CT molecular complexity index is 350. The second-order valence-electron chi connectivity index (χ2n) is 6.76. The van der Waals surface area contributed by atoms with Crippen LogP contribution in [0.3, 0.4) is 0 Å². The highest BCUT2D eigenvalue weighted by molar-refractivity contribution is 5.76. The molecule has 21 heavy (non-hydrogen) atoms. The molecule has 0 radical (unpaired) electrons. The first kappa shape index (κ1) is 16.5. The molecule has 2 saturated heterocycles. The molecule has 2 aliphatic rings. The van der Waals surface area contributed by atoms with Gasteiger partial charge in [-0.25, -0.2) is 0 Å². The molecule has 0 unspecified atom stereocenters. The number of carbonyl (C=O) groups is 1. The fourth-order valence-corrected chi connectivity index (χ4v) is 3.53. The van der Waals surface area contributed by atoms with E-state index in [1.54, 1.807) is 0 Å². The van der Waals surface area contributed by atoms with Crippen molar-refractivity contribution in [2.75, 3.05) is 46.3 Å². The molecular weight excluding hydrogens is 262 g/mol. The van der Waals surface area contributed by atoms with E-state index in [9.17, 15) is 4.79 Å². The molecule has 0 spiro atoms. The average molecular weight is 293 g/mol. The van der Waals surface area contributed by atoms with Gasteiger partial charge >= 0.3 is 0 Å². The number of allylic oxidation sites excluding steroid dienone is 1. The molecule has 0 aliphatic carbocycles. The molecule has 1 atom stereocenters. The monoisotopic (exact) mass is 293 g/mol. The van der Waals surface area contributed by atoms with Crippen LogP contribution in [0, 0.1) is 5.92 Å². The number of carbonyl (C=O) groups excluding carboxylic acids is 1. The van der Waals surface area contributed by atoms with E-state index in [1.165, 1.54) is 39.0 Å². The molecule has 1 amide bonds. The molecule has 4 heteroatoms. The molecule has 2 aliphatic heterocycles. The van der Waals surface area contributed by atoms with Crippen molar-refractivity contribution in [3.05, 3.63) is 12.7 Å². The van der Waals surface area contributed by atoms with E-state index in [-0.39, 0.29) is 0 Å². The van der Waals surface area contributed by atoms with Crippen molar-refractivity contribution in [1.82, 2.24) is 14.7 Å². The minimum atomic E-state index is 0.307. The van der Waals surface area contributed by atoms with Crippen LogP contribution in [0.1, 0.15) is 32.6 Å². The van der Waals surface area contributed by atoms with Gasteiger partial charge in [0.2, 0.25) is 5.91 Å². The highest BCUT2D eigenvalue weighted by Gasteiger charge is 2.27. The lowest BCUT2D eigenvalue weighted by atomic mass is 9.95. The average Bonchev–Trinajstić information content (AvgIpc) is 2.48. The van der Waals surface area contributed by atoms with Crippen molar-refractivity contribution >= 4 is 5.91 Å². The van der Waals surface area contributed by atoms with Crippen molar-refractivity contribution in [3.8, 4) is 0 Å². The lowest BCUT2D eigenvalue weighted by Gasteiger charge is -2.41. The summed E-state index contributed by atoms with van der Waals surface area (Å²) in [6, 6.07) is 0.663. The lowest BCUT2D eigenvalue weighted by molar-refractivity contribution is -0.132. The summed E-state index contributed by atoms with van der Waals surface area (Å²) in [4.78, 5) is 19.1. The van der Waals surface area contributed by atoms with E-state index in [2.05, 4.69) is 30.4 Å². The maximum atomic E-state index is 12.0. The largest absolute Gasteiger partial charge is 0.343 e. The number of hydrogen-bond acceptors (Lipinski definition) is 3. The number of amides is 1. The van der Waals surface area contributed by atoms with E-state index < -0.39 is 0 Å². The normalized spacial score (nSPS) is 26.0. The highest BCUT2D eigenvalue weighted by atomic mass is 16.2. The molecule has 0 aromatic rings. The van der Waals surface area contributed by atoms with E-state index in [0.717, 1.165) is 25.4 Å². The molecule has 2 heterocycles. The van der Waals surface area contributed by atoms with Gasteiger partial charge in [0, 0.05) is 51.7 Å². The predicted octanol–water partition coefficient (Wildman–Crippen LogP) is 1.83. The van der Waals surface area contributed by atoms with Crippen molar-refractivity contribution in [3.63, 3.8) is 0 Å². The summed E-state index contributed by atoms with van der Waals surface area (Å²) in [5.74, 6) is 1.07. The van der Waals surface area contributed by atoms with Crippen LogP contribution in [-0.4, -0.2) is 73.0 Å². The van der Waals surface area contributed by atoms with Gasteiger partial charge in [0.15, 0.2) is 0 Å². The van der Waals surface area contributed by atoms with Gasteiger partial charge in [0.05, 0.1) is 0 Å². The topological polar surface area (TPSA) is 26.8 Å². The fourth-order valence-electron chi connectivity index (χ4n) is 3.53. The first-order chi connectivity index (χ1) is 10.1. The predicted molar refractivity (Wildman–Crippen MR) is 87.3 cm³/mol. The summed E-state index contributed by atoms with van der Waals surface area (Å²) in [6.45, 7) is 12.7. The summed E-state index contributed by atoms with van der Waals surface area (Å²) in [6.07, 6.45) is 5.60. The zero-order chi connectivity index (χ0) is 15.2. The molecule has 0 aromatic carbocycles. The number of piperidine rings is 1. The Labute approximate surface area is 129 Å². The van der Waals surface area contributed by atoms with Crippen LogP contribution in [-0.2, 0) is 4.79 Å². The van der Waals surface area contributed by atoms with Crippen molar-refractivity contribution in [2.45, 2.75) is 38.6 Å². The van der Waals surface area contributed by atoms with E-state index in [0.29, 0.717) is 18.4 Å². The van der Waals surface area contributed by atoms with Gasteiger partial charge in [-0.3, -0.25) is 9.69 Å². The molecule has 2 rings (SSSR count). The van der Waals surface area contributed by atoms with Gasteiger partial charge in [0.1, 0.15) is 0 Å². The number of nitrogens with zero attached hydrogens (tertiary/aromatic N) is 3. The molecular formula is C17H31N3O. The third-order valence-electron chi connectivity index (χ3n) is 4.99. The number of likely N-dealkylation sites (tertiary alicyclic amines) is 1. The number of hydrogen-bond donors (Lipinski definition) is 0. The third kappa shape index (κ3) is 4.82. The SMILES string of the molecule is C=CCCC(=O)N1CCC(CN2CCN(C)C[C@H]2C)CC1. The van der Waals surface area contributed by atoms with Crippen LogP contribution in [0.4, 0.5) is 0 Å². The number of likely N-dealkylation sites (N-methyl/N-ethyl adjacent to an activating group) is 1. The summed E-state index contributed by atoms with van der Waals surface area (Å²) >= 11 is 0. The van der Waals surface area contributed by atoms with Crippen LogP contribution in [0.25, 0.3) is 0 Å². The minimum absolute atomic E-state index is 0.307. The maximum absolute atomic E-state index is 12.0. The first-order valence-corrected chi connectivity index (χ1v) is 8.41. The second kappa shape index (κ2) is 7.95. The Morgan fingerprint density at radius 1 is 1.24 bits per heavy atom. The molecule has 4 nitrogen and oxygen atoms in total. The van der Waals surface area contributed by atoms with Gasteiger partial charge in [-0.2, -0.15) is 0 Å². The van der Waals surface area contributed by atoms with Crippen molar-refractivity contribution in [2.24, 2.45) is 5.92 Å². The molecule has 0 bridgehead atoms. The van der Waals surface area contributed by atoms with Gasteiger partial charge in [-0.15, -0.1) is 6.58 Å². The van der Waals surface area contributed by atoms with E-state index in [1.807, 2.05) is 11.0 Å². The van der Waals surface area contributed by atoms with E-state index >= 15 is 0 Å². The smallest absolute Gasteiger partial charge is 0.222 e. The van der Waals surface area contributed by atoms with Crippen molar-refractivity contribution < 1.29 is 4.79 Å². The van der Waals surface area contributed by atoms with Crippen LogP contribution in [0.5, 0.6) is 0 Å². The van der Waals surface area contributed by atoms with Gasteiger partial charge in [-0.05, 0) is 39.2 Å². The number of piperazine rings is 1. The zero-order valence-corrected chi connectivity index (χ0v) is 13.8. The Hall–Kier alpha value is -0.870. The maximum Gasteiger partial charge on any atom is 0.222 e. The van der Waals surface area contributed by atoms with E-state index in [4.69, 9.17) is 0 Å². The van der Waals surface area contributed by atoms with Crippen molar-refractivity contribution in [1.29, 1.82) is 0 Å². The molecule has 0 saturated carbocycles. The van der Waals surface area contributed by atoms with Crippen LogP contribution in [0.2, 0.25) is 0 Å². The Balaban J connectivity index is 1.71. The highest BCUT2D eigenvalue weighted by Crippen LogP contribution is 2.21. The van der Waals surface area contributed by atoms with Crippen LogP contribution in [0.15, 0.2) is 12.7 Å². The quantitative estimate of drug-likeness (QED) is 0.724. The Kier molecular flexibility index (Phi) is 6.24. The van der Waals surface area contributed by atoms with Gasteiger partial charge < -0.3 is 9.80 Å². The summed E-state index contributed by atoms with van der Waals surface area (Å²) in [5.41, 5.74) is 0. The second-order valence-corrected chi connectivity index (χ2v) is 6.76. The minimum Gasteiger partial charge on any atom is -0.343 e. The summed E-state index contributed by atoms with van der Waals surface area (Å²) < 4.78 is 0. The Morgan fingerprint density at radius 3 is 2.57 bits per heavy atom. The van der Waals surface area contributed by atoms with Gasteiger partial charge in [0.25, 0.3) is 0 Å². The fraction of sp³-hybridized carbons (Fsp3) is 0.824. The molecule has 0 N–H and O–H groups in total.